The Morgan fingerprint density at radius 2 is 1.94 bits per heavy atom. The Morgan fingerprint density at radius 1 is 1.25 bits per heavy atom. The molecule has 0 aromatic heterocycles. The molecule has 4 heteroatoms. The Balaban J connectivity index is 2.53. The Bertz CT molecular complexity index is 377. The minimum absolute atomic E-state index is 0.215. The minimum Gasteiger partial charge on any atom is -0.309 e. The zero-order chi connectivity index (χ0) is 12.1. The summed E-state index contributed by atoms with van der Waals surface area (Å²) in [4.78, 5) is 13.6. The Morgan fingerprint density at radius 3 is 2.50 bits per heavy atom. The molecule has 0 atom stereocenters. The monoisotopic (exact) mass is 259 g/mol. The first kappa shape index (κ1) is 13.5. The van der Waals surface area contributed by atoms with Crippen LogP contribution in [0.5, 0.6) is 0 Å². The summed E-state index contributed by atoms with van der Waals surface area (Å²) in [6.07, 6.45) is 0.984. The third kappa shape index (κ3) is 4.52. The molecule has 0 amide bonds. The first-order chi connectivity index (χ1) is 7.49. The van der Waals surface area contributed by atoms with Gasteiger partial charge in [-0.25, -0.2) is 0 Å². The molecule has 0 aliphatic rings. The molecule has 0 heterocycles. The van der Waals surface area contributed by atoms with Crippen LogP contribution in [0.3, 0.4) is 0 Å². The molecule has 1 aromatic carbocycles. The summed E-state index contributed by atoms with van der Waals surface area (Å²) in [5, 5.41) is 1.02. The van der Waals surface area contributed by atoms with Crippen LogP contribution < -0.4 is 0 Å². The van der Waals surface area contributed by atoms with Gasteiger partial charge in [-0.2, -0.15) is 0 Å². The van der Waals surface area contributed by atoms with Crippen molar-refractivity contribution in [3.05, 3.63) is 33.8 Å². The van der Waals surface area contributed by atoms with Gasteiger partial charge in [0, 0.05) is 19.4 Å². The minimum atomic E-state index is 0.215. The van der Waals surface area contributed by atoms with Gasteiger partial charge in [-0.3, -0.25) is 4.79 Å². The Hall–Kier alpha value is -0.570. The van der Waals surface area contributed by atoms with E-state index in [0.29, 0.717) is 22.9 Å². The normalized spacial score (nSPS) is 10.8. The molecule has 0 unspecified atom stereocenters. The van der Waals surface area contributed by atoms with Crippen LogP contribution in [0.25, 0.3) is 0 Å². The lowest BCUT2D eigenvalue weighted by molar-refractivity contribution is -0.118. The molecule has 0 N–H and O–H groups in total. The maximum atomic E-state index is 11.6. The van der Waals surface area contributed by atoms with Gasteiger partial charge < -0.3 is 4.90 Å². The van der Waals surface area contributed by atoms with Crippen LogP contribution in [-0.4, -0.2) is 31.3 Å². The van der Waals surface area contributed by atoms with E-state index in [0.717, 1.165) is 12.1 Å². The Labute approximate surface area is 106 Å². The second-order valence-electron chi connectivity index (χ2n) is 4.02. The number of halogens is 2. The van der Waals surface area contributed by atoms with E-state index in [1.807, 2.05) is 25.1 Å². The molecule has 0 saturated heterocycles. The molecule has 1 aromatic rings. The molecular formula is C12H15Cl2NO. The maximum Gasteiger partial charge on any atom is 0.138 e. The fraction of sp³-hybridized carbons (Fsp3) is 0.417. The number of rotatable bonds is 5. The van der Waals surface area contributed by atoms with Gasteiger partial charge in [-0.1, -0.05) is 29.3 Å². The van der Waals surface area contributed by atoms with E-state index in [4.69, 9.17) is 23.2 Å². The highest BCUT2D eigenvalue weighted by Crippen LogP contribution is 2.22. The largest absolute Gasteiger partial charge is 0.309 e. The summed E-state index contributed by atoms with van der Waals surface area (Å²) in [7, 11) is 3.90. The number of Topliss-reactive ketones (excluding diaryl/α,β-unsaturated/α-hetero) is 1. The molecule has 0 radical (unpaired) electrons. The van der Waals surface area contributed by atoms with Crippen LogP contribution in [0.15, 0.2) is 18.2 Å². The first-order valence-electron chi connectivity index (χ1n) is 5.09. The quantitative estimate of drug-likeness (QED) is 0.811. The Kier molecular flexibility index (Phi) is 5.26. The topological polar surface area (TPSA) is 20.3 Å². The lowest BCUT2D eigenvalue weighted by atomic mass is 10.1. The van der Waals surface area contributed by atoms with E-state index in [1.54, 1.807) is 12.1 Å². The molecular weight excluding hydrogens is 245 g/mol. The fourth-order valence-electron chi connectivity index (χ4n) is 1.31. The van der Waals surface area contributed by atoms with Crippen molar-refractivity contribution in [1.29, 1.82) is 0 Å². The molecule has 0 saturated carbocycles. The average Bonchev–Trinajstić information content (AvgIpc) is 2.21. The zero-order valence-electron chi connectivity index (χ0n) is 9.46. The summed E-state index contributed by atoms with van der Waals surface area (Å²) in [6.45, 7) is 0.778. The van der Waals surface area contributed by atoms with Gasteiger partial charge in [0.05, 0.1) is 10.0 Å². The first-order valence-corrected chi connectivity index (χ1v) is 5.85. The van der Waals surface area contributed by atoms with E-state index in [2.05, 4.69) is 0 Å². The number of benzene rings is 1. The molecule has 0 bridgehead atoms. The van der Waals surface area contributed by atoms with Gasteiger partial charge in [0.25, 0.3) is 0 Å². The van der Waals surface area contributed by atoms with Gasteiger partial charge >= 0.3 is 0 Å². The molecule has 88 valence electrons. The van der Waals surface area contributed by atoms with Crippen molar-refractivity contribution in [2.45, 2.75) is 12.8 Å². The summed E-state index contributed by atoms with van der Waals surface area (Å²) in [5.74, 6) is 0.215. The van der Waals surface area contributed by atoms with Crippen molar-refractivity contribution in [3.63, 3.8) is 0 Å². The lowest BCUT2D eigenvalue weighted by Crippen LogP contribution is -2.17. The van der Waals surface area contributed by atoms with E-state index in [1.165, 1.54) is 0 Å². The van der Waals surface area contributed by atoms with Crippen molar-refractivity contribution >= 4 is 29.0 Å². The van der Waals surface area contributed by atoms with Crippen LogP contribution in [0, 0.1) is 0 Å². The number of carbonyl (C=O) groups is 1. The highest BCUT2D eigenvalue weighted by atomic mass is 35.5. The second kappa shape index (κ2) is 6.24. The fourth-order valence-corrected chi connectivity index (χ4v) is 1.63. The van der Waals surface area contributed by atoms with E-state index in [9.17, 15) is 4.79 Å². The van der Waals surface area contributed by atoms with E-state index < -0.39 is 0 Å². The summed E-state index contributed by atoms with van der Waals surface area (Å²) >= 11 is 11.7. The third-order valence-corrected chi connectivity index (χ3v) is 2.96. The van der Waals surface area contributed by atoms with Gasteiger partial charge in [-0.15, -0.1) is 0 Å². The number of hydrogen-bond donors (Lipinski definition) is 0. The van der Waals surface area contributed by atoms with Crippen molar-refractivity contribution in [1.82, 2.24) is 4.90 Å². The summed E-state index contributed by atoms with van der Waals surface area (Å²) < 4.78 is 0. The zero-order valence-corrected chi connectivity index (χ0v) is 11.0. The molecule has 0 aliphatic carbocycles. The van der Waals surface area contributed by atoms with Crippen LogP contribution in [0.1, 0.15) is 12.0 Å². The smallest absolute Gasteiger partial charge is 0.138 e. The molecule has 1 rings (SSSR count). The van der Waals surface area contributed by atoms with Crippen molar-refractivity contribution in [2.75, 3.05) is 20.6 Å². The summed E-state index contributed by atoms with van der Waals surface area (Å²) in [5.41, 5.74) is 0.915. The van der Waals surface area contributed by atoms with Gasteiger partial charge in [0.15, 0.2) is 0 Å². The van der Waals surface area contributed by atoms with Gasteiger partial charge in [0.1, 0.15) is 5.78 Å². The average molecular weight is 260 g/mol. The molecule has 0 spiro atoms. The predicted octanol–water partition coefficient (Wildman–Crippen LogP) is 3.06. The van der Waals surface area contributed by atoms with E-state index in [-0.39, 0.29) is 5.78 Å². The van der Waals surface area contributed by atoms with Gasteiger partial charge in [0.2, 0.25) is 0 Å². The van der Waals surface area contributed by atoms with Crippen LogP contribution in [0.2, 0.25) is 10.0 Å². The number of ketones is 1. The maximum absolute atomic E-state index is 11.6. The third-order valence-electron chi connectivity index (χ3n) is 2.22. The predicted molar refractivity (Wildman–Crippen MR) is 68.3 cm³/mol. The second-order valence-corrected chi connectivity index (χ2v) is 4.83. The lowest BCUT2D eigenvalue weighted by Gasteiger charge is -2.08. The number of carbonyl (C=O) groups excluding carboxylic acids is 1. The number of nitrogens with zero attached hydrogens (tertiary/aromatic N) is 1. The highest BCUT2D eigenvalue weighted by Gasteiger charge is 2.06. The SMILES string of the molecule is CN(C)CCC(=O)Cc1ccc(Cl)c(Cl)c1. The van der Waals surface area contributed by atoms with Crippen molar-refractivity contribution in [2.24, 2.45) is 0 Å². The standard InChI is InChI=1S/C12H15Cl2NO/c1-15(2)6-5-10(16)7-9-3-4-11(13)12(14)8-9/h3-4,8H,5-7H2,1-2H3. The van der Waals surface area contributed by atoms with Crippen molar-refractivity contribution < 1.29 is 4.79 Å². The molecule has 0 fully saturated rings. The highest BCUT2D eigenvalue weighted by molar-refractivity contribution is 6.42. The van der Waals surface area contributed by atoms with Crippen LogP contribution >= 0.6 is 23.2 Å². The molecule has 16 heavy (non-hydrogen) atoms. The van der Waals surface area contributed by atoms with Crippen molar-refractivity contribution in [3.8, 4) is 0 Å². The van der Waals surface area contributed by atoms with Crippen LogP contribution in [-0.2, 0) is 11.2 Å². The van der Waals surface area contributed by atoms with Crippen LogP contribution in [0.4, 0.5) is 0 Å². The molecule has 2 nitrogen and oxygen atoms in total. The van der Waals surface area contributed by atoms with E-state index >= 15 is 0 Å². The number of hydrogen-bond acceptors (Lipinski definition) is 2. The molecule has 0 aliphatic heterocycles. The van der Waals surface area contributed by atoms with Gasteiger partial charge in [-0.05, 0) is 31.8 Å². The summed E-state index contributed by atoms with van der Waals surface area (Å²) in [6, 6.07) is 5.30.